The number of nitrogens with zero attached hydrogens (tertiary/aromatic N) is 3. The Morgan fingerprint density at radius 1 is 0.947 bits per heavy atom. The molecule has 1 saturated carbocycles. The lowest BCUT2D eigenvalue weighted by Gasteiger charge is -2.36. The van der Waals surface area contributed by atoms with Gasteiger partial charge in [-0.25, -0.2) is 0 Å². The second kappa shape index (κ2) is 13.7. The fraction of sp³-hybridized carbons (Fsp3) is 0.438. The van der Waals surface area contributed by atoms with Crippen LogP contribution in [0.4, 0.5) is 0 Å². The highest BCUT2D eigenvalue weighted by Crippen LogP contribution is 2.25. The quantitative estimate of drug-likeness (QED) is 0.265. The maximum Gasteiger partial charge on any atom is 0.254 e. The van der Waals surface area contributed by atoms with Crippen LogP contribution >= 0.6 is 11.6 Å². The van der Waals surface area contributed by atoms with Gasteiger partial charge in [0.25, 0.3) is 5.91 Å². The van der Waals surface area contributed by atoms with Gasteiger partial charge in [0.1, 0.15) is 6.54 Å². The number of rotatable bonds is 11. The third-order valence-electron chi connectivity index (χ3n) is 7.47. The van der Waals surface area contributed by atoms with Crippen LogP contribution in [0.2, 0.25) is 5.02 Å². The van der Waals surface area contributed by atoms with Crippen molar-refractivity contribution in [2.45, 2.75) is 71.5 Å². The Balaban J connectivity index is 1.55. The maximum absolute atomic E-state index is 14.0. The number of carbonyl (C=O) groups excluding carboxylic acids is 2. The monoisotopic (exact) mass is 533 g/mol. The van der Waals surface area contributed by atoms with Crippen molar-refractivity contribution >= 4 is 23.4 Å². The molecule has 0 bridgehead atoms. The van der Waals surface area contributed by atoms with E-state index in [0.29, 0.717) is 29.6 Å². The van der Waals surface area contributed by atoms with Crippen molar-refractivity contribution in [3.05, 3.63) is 94.8 Å². The Morgan fingerprint density at radius 2 is 1.66 bits per heavy atom. The zero-order valence-corrected chi connectivity index (χ0v) is 23.4. The van der Waals surface area contributed by atoms with E-state index in [1.165, 1.54) is 12.0 Å². The molecule has 38 heavy (non-hydrogen) atoms. The molecule has 3 aromatic rings. The Morgan fingerprint density at radius 3 is 2.34 bits per heavy atom. The molecule has 0 atom stereocenters. The summed E-state index contributed by atoms with van der Waals surface area (Å²) in [6.07, 6.45) is 8.46. The third-order valence-corrected chi connectivity index (χ3v) is 7.72. The van der Waals surface area contributed by atoms with Gasteiger partial charge in [-0.3, -0.25) is 9.59 Å². The van der Waals surface area contributed by atoms with E-state index in [9.17, 15) is 9.59 Å². The Kier molecular flexibility index (Phi) is 10.1. The maximum atomic E-state index is 14.0. The van der Waals surface area contributed by atoms with Gasteiger partial charge in [0.05, 0.1) is 6.54 Å². The van der Waals surface area contributed by atoms with Gasteiger partial charge in [0.2, 0.25) is 5.91 Å². The number of amides is 2. The molecule has 1 heterocycles. The van der Waals surface area contributed by atoms with Crippen molar-refractivity contribution in [3.8, 4) is 0 Å². The van der Waals surface area contributed by atoms with E-state index in [-0.39, 0.29) is 24.4 Å². The van der Waals surface area contributed by atoms with Crippen LogP contribution in [0.25, 0.3) is 0 Å². The smallest absolute Gasteiger partial charge is 0.254 e. The molecule has 0 unspecified atom stereocenters. The minimum atomic E-state index is -0.119. The van der Waals surface area contributed by atoms with Gasteiger partial charge in [-0.2, -0.15) is 0 Å². The fourth-order valence-electron chi connectivity index (χ4n) is 5.21. The molecule has 0 spiro atoms. The summed E-state index contributed by atoms with van der Waals surface area (Å²) in [5.74, 6) is 0.337. The minimum absolute atomic E-state index is 0.0235. The second-order valence-electron chi connectivity index (χ2n) is 10.8. The molecule has 1 aliphatic carbocycles. The summed E-state index contributed by atoms with van der Waals surface area (Å²) in [6, 6.07) is 21.7. The van der Waals surface area contributed by atoms with E-state index < -0.39 is 0 Å². The Hall–Kier alpha value is -3.05. The number of carbonyl (C=O) groups is 2. The van der Waals surface area contributed by atoms with Crippen LogP contribution in [0.3, 0.4) is 0 Å². The predicted molar refractivity (Wildman–Crippen MR) is 154 cm³/mol. The van der Waals surface area contributed by atoms with E-state index in [4.69, 9.17) is 11.6 Å². The number of hydrogen-bond donors (Lipinski definition) is 0. The van der Waals surface area contributed by atoms with Gasteiger partial charge in [0, 0.05) is 41.6 Å². The number of aromatic nitrogens is 1. The van der Waals surface area contributed by atoms with Gasteiger partial charge in [-0.15, -0.1) is 0 Å². The standard InChI is InChI=1S/C32H40ClN3O2/c1-25(2)19-21-35(32(38)27-15-17-28(33)18-16-27)24-31(37)36(29-12-7-4-8-13-29)23-30-14-9-20-34(30)22-26-10-5-3-6-11-26/h3,5-6,9-11,14-18,20,25,29H,4,7-8,12-13,19,21-24H2,1-2H3. The lowest BCUT2D eigenvalue weighted by atomic mass is 9.94. The molecule has 1 fully saturated rings. The van der Waals surface area contributed by atoms with E-state index in [0.717, 1.165) is 44.3 Å². The van der Waals surface area contributed by atoms with Crippen LogP contribution in [0.1, 0.15) is 74.0 Å². The summed E-state index contributed by atoms with van der Waals surface area (Å²) in [5.41, 5.74) is 2.91. The summed E-state index contributed by atoms with van der Waals surface area (Å²) in [7, 11) is 0. The highest BCUT2D eigenvalue weighted by Gasteiger charge is 2.29. The number of hydrogen-bond acceptors (Lipinski definition) is 2. The van der Waals surface area contributed by atoms with E-state index >= 15 is 0 Å². The van der Waals surface area contributed by atoms with Crippen LogP contribution in [0.15, 0.2) is 72.9 Å². The van der Waals surface area contributed by atoms with Crippen LogP contribution in [0, 0.1) is 5.92 Å². The Bertz CT molecular complexity index is 1170. The first-order valence-corrected chi connectivity index (χ1v) is 14.3. The molecule has 202 valence electrons. The first-order valence-electron chi connectivity index (χ1n) is 13.9. The van der Waals surface area contributed by atoms with Crippen LogP contribution in [-0.2, 0) is 17.9 Å². The molecule has 6 heteroatoms. The van der Waals surface area contributed by atoms with Crippen molar-refractivity contribution in [2.75, 3.05) is 13.1 Å². The zero-order valence-electron chi connectivity index (χ0n) is 22.7. The zero-order chi connectivity index (χ0) is 26.9. The molecule has 0 radical (unpaired) electrons. The lowest BCUT2D eigenvalue weighted by Crippen LogP contribution is -2.48. The largest absolute Gasteiger partial charge is 0.345 e. The predicted octanol–water partition coefficient (Wildman–Crippen LogP) is 7.04. The summed E-state index contributed by atoms with van der Waals surface area (Å²) in [5, 5.41) is 0.591. The van der Waals surface area contributed by atoms with Crippen LogP contribution in [0.5, 0.6) is 0 Å². The summed E-state index contributed by atoms with van der Waals surface area (Å²) in [4.78, 5) is 31.2. The van der Waals surface area contributed by atoms with Gasteiger partial charge in [0.15, 0.2) is 0 Å². The molecule has 1 aromatic heterocycles. The summed E-state index contributed by atoms with van der Waals surface area (Å²) >= 11 is 6.05. The van der Waals surface area contributed by atoms with Crippen LogP contribution < -0.4 is 0 Å². The molecule has 2 aromatic carbocycles. The van der Waals surface area contributed by atoms with Gasteiger partial charge in [-0.1, -0.05) is 75.0 Å². The highest BCUT2D eigenvalue weighted by atomic mass is 35.5. The molecular formula is C32H40ClN3O2. The highest BCUT2D eigenvalue weighted by molar-refractivity contribution is 6.30. The van der Waals surface area contributed by atoms with Crippen molar-refractivity contribution in [1.29, 1.82) is 0 Å². The number of halogens is 1. The molecule has 1 aliphatic rings. The second-order valence-corrected chi connectivity index (χ2v) is 11.3. The van der Waals surface area contributed by atoms with E-state index in [1.807, 2.05) is 11.0 Å². The topological polar surface area (TPSA) is 45.6 Å². The van der Waals surface area contributed by atoms with E-state index in [1.54, 1.807) is 29.2 Å². The molecular weight excluding hydrogens is 494 g/mol. The minimum Gasteiger partial charge on any atom is -0.345 e. The SMILES string of the molecule is CC(C)CCN(CC(=O)N(Cc1cccn1Cc1ccccc1)C1CCCCC1)C(=O)c1ccc(Cl)cc1. The first-order chi connectivity index (χ1) is 18.4. The average molecular weight is 534 g/mol. The van der Waals surface area contributed by atoms with Crippen molar-refractivity contribution in [2.24, 2.45) is 5.92 Å². The van der Waals surface area contributed by atoms with Crippen molar-refractivity contribution in [1.82, 2.24) is 14.4 Å². The first kappa shape index (κ1) is 28.0. The average Bonchev–Trinajstić information content (AvgIpc) is 3.37. The fourth-order valence-corrected chi connectivity index (χ4v) is 5.34. The molecule has 0 aliphatic heterocycles. The third kappa shape index (κ3) is 7.73. The molecule has 4 rings (SSSR count). The summed E-state index contributed by atoms with van der Waals surface area (Å²) < 4.78 is 2.23. The summed E-state index contributed by atoms with van der Waals surface area (Å²) in [6.45, 7) is 6.24. The number of benzene rings is 2. The molecule has 0 N–H and O–H groups in total. The van der Waals surface area contributed by atoms with E-state index in [2.05, 4.69) is 61.0 Å². The molecule has 5 nitrogen and oxygen atoms in total. The molecule has 0 saturated heterocycles. The lowest BCUT2D eigenvalue weighted by molar-refractivity contribution is -0.135. The molecule has 2 amide bonds. The normalized spacial score (nSPS) is 14.0. The Labute approximate surface area is 232 Å². The van der Waals surface area contributed by atoms with Gasteiger partial charge >= 0.3 is 0 Å². The van der Waals surface area contributed by atoms with Crippen LogP contribution in [-0.4, -0.2) is 45.3 Å². The van der Waals surface area contributed by atoms with Crippen molar-refractivity contribution in [3.63, 3.8) is 0 Å². The van der Waals surface area contributed by atoms with Gasteiger partial charge in [-0.05, 0) is 67.1 Å². The van der Waals surface area contributed by atoms with Gasteiger partial charge < -0.3 is 14.4 Å². The van der Waals surface area contributed by atoms with Crippen molar-refractivity contribution < 1.29 is 9.59 Å².